The zero-order chi connectivity index (χ0) is 10.4. The van der Waals surface area contributed by atoms with Crippen molar-refractivity contribution < 1.29 is 29.6 Å². The van der Waals surface area contributed by atoms with Crippen LogP contribution in [0.4, 0.5) is 0 Å². The Labute approximate surface area is 74.1 Å². The monoisotopic (exact) mass is 190 g/mol. The first kappa shape index (κ1) is 11.6. The molecule has 0 aliphatic carbocycles. The molecule has 0 aromatic carbocycles. The molecule has 2 unspecified atom stereocenters. The van der Waals surface area contributed by atoms with E-state index < -0.39 is 24.1 Å². The van der Waals surface area contributed by atoms with Crippen LogP contribution >= 0.6 is 0 Å². The minimum absolute atomic E-state index is 0.138. The molecule has 0 heterocycles. The highest BCUT2D eigenvalue weighted by atomic mass is 16.5. The Kier molecular flexibility index (Phi) is 4.71. The highest BCUT2D eigenvalue weighted by Crippen LogP contribution is 2.00. The van der Waals surface area contributed by atoms with Crippen LogP contribution in [0.15, 0.2) is 12.7 Å². The zero-order valence-corrected chi connectivity index (χ0v) is 6.71. The maximum Gasteiger partial charge on any atom is 0.336 e. The Morgan fingerprint density at radius 3 is 2.23 bits per heavy atom. The number of rotatable bonds is 6. The van der Waals surface area contributed by atoms with E-state index in [0.29, 0.717) is 0 Å². The van der Waals surface area contributed by atoms with Gasteiger partial charge in [-0.1, -0.05) is 6.08 Å². The van der Waals surface area contributed by atoms with E-state index in [1.165, 1.54) is 6.08 Å². The predicted octanol–water partition coefficient (Wildman–Crippen LogP) is -0.912. The van der Waals surface area contributed by atoms with Gasteiger partial charge in [0, 0.05) is 0 Å². The minimum Gasteiger partial charge on any atom is -0.479 e. The molecule has 0 aliphatic heterocycles. The number of carboxylic acid groups (broad SMARTS) is 2. The second-order valence-electron chi connectivity index (χ2n) is 2.16. The molecule has 6 heteroatoms. The molecule has 0 fully saturated rings. The van der Waals surface area contributed by atoms with Gasteiger partial charge >= 0.3 is 11.9 Å². The summed E-state index contributed by atoms with van der Waals surface area (Å²) in [6, 6.07) is 0. The van der Waals surface area contributed by atoms with Crippen LogP contribution in [0, 0.1) is 0 Å². The molecule has 6 nitrogen and oxygen atoms in total. The maximum atomic E-state index is 10.4. The molecule has 13 heavy (non-hydrogen) atoms. The third kappa shape index (κ3) is 3.68. The molecule has 0 aromatic heterocycles. The van der Waals surface area contributed by atoms with E-state index in [1.807, 2.05) is 0 Å². The first-order valence-electron chi connectivity index (χ1n) is 3.37. The van der Waals surface area contributed by atoms with E-state index in [4.69, 9.17) is 15.3 Å². The van der Waals surface area contributed by atoms with Crippen LogP contribution in [0.2, 0.25) is 0 Å². The van der Waals surface area contributed by atoms with Gasteiger partial charge in [0.2, 0.25) is 0 Å². The number of carboxylic acids is 2. The lowest BCUT2D eigenvalue weighted by Crippen LogP contribution is -2.41. The largest absolute Gasteiger partial charge is 0.479 e. The van der Waals surface area contributed by atoms with Gasteiger partial charge in [0.15, 0.2) is 12.2 Å². The summed E-state index contributed by atoms with van der Waals surface area (Å²) in [5, 5.41) is 25.6. The molecule has 0 radical (unpaired) electrons. The second-order valence-corrected chi connectivity index (χ2v) is 2.16. The van der Waals surface area contributed by atoms with Crippen molar-refractivity contribution in [2.24, 2.45) is 0 Å². The van der Waals surface area contributed by atoms with Gasteiger partial charge in [-0.2, -0.15) is 0 Å². The summed E-state index contributed by atoms with van der Waals surface area (Å²) in [6.07, 6.45) is -2.59. The van der Waals surface area contributed by atoms with Crippen LogP contribution in [0.3, 0.4) is 0 Å². The lowest BCUT2D eigenvalue weighted by atomic mass is 10.2. The molecular weight excluding hydrogens is 180 g/mol. The SMILES string of the molecule is C=CCOC(C(=O)O)C(O)C(=O)O. The first-order valence-corrected chi connectivity index (χ1v) is 3.37. The molecule has 0 aromatic rings. The Bertz CT molecular complexity index is 211. The second kappa shape index (κ2) is 5.28. The lowest BCUT2D eigenvalue weighted by Gasteiger charge is -2.14. The molecular formula is C7H10O6. The van der Waals surface area contributed by atoms with Gasteiger partial charge in [-0.15, -0.1) is 6.58 Å². The van der Waals surface area contributed by atoms with Gasteiger partial charge in [-0.3, -0.25) is 0 Å². The fourth-order valence-electron chi connectivity index (χ4n) is 0.599. The van der Waals surface area contributed by atoms with Crippen molar-refractivity contribution in [1.29, 1.82) is 0 Å². The van der Waals surface area contributed by atoms with Crippen molar-refractivity contribution in [1.82, 2.24) is 0 Å². The average Bonchev–Trinajstić information content (AvgIpc) is 2.04. The van der Waals surface area contributed by atoms with Gasteiger partial charge in [0.25, 0.3) is 0 Å². The van der Waals surface area contributed by atoms with Crippen LogP contribution in [0.1, 0.15) is 0 Å². The van der Waals surface area contributed by atoms with Crippen molar-refractivity contribution in [2.45, 2.75) is 12.2 Å². The van der Waals surface area contributed by atoms with Crippen molar-refractivity contribution in [3.05, 3.63) is 12.7 Å². The van der Waals surface area contributed by atoms with Gasteiger partial charge < -0.3 is 20.1 Å². The number of aliphatic hydroxyl groups is 1. The maximum absolute atomic E-state index is 10.4. The standard InChI is InChI=1S/C7H10O6/c1-2-3-13-5(7(11)12)4(8)6(9)10/h2,4-5,8H,1,3H2,(H,9,10)(H,11,12). The summed E-state index contributed by atoms with van der Waals surface area (Å²) in [7, 11) is 0. The highest BCUT2D eigenvalue weighted by molar-refractivity contribution is 5.83. The summed E-state index contributed by atoms with van der Waals surface area (Å²) in [5.74, 6) is -3.17. The van der Waals surface area contributed by atoms with Crippen molar-refractivity contribution in [3.63, 3.8) is 0 Å². The molecule has 0 aliphatic rings. The van der Waals surface area contributed by atoms with Crippen LogP contribution in [-0.2, 0) is 14.3 Å². The fourth-order valence-corrected chi connectivity index (χ4v) is 0.599. The first-order chi connectivity index (χ1) is 6.00. The van der Waals surface area contributed by atoms with Crippen LogP contribution in [0.5, 0.6) is 0 Å². The summed E-state index contributed by atoms with van der Waals surface area (Å²) >= 11 is 0. The normalized spacial score (nSPS) is 14.5. The molecule has 0 saturated carbocycles. The highest BCUT2D eigenvalue weighted by Gasteiger charge is 2.32. The average molecular weight is 190 g/mol. The number of aliphatic hydroxyl groups excluding tert-OH is 1. The molecule has 74 valence electrons. The summed E-state index contributed by atoms with van der Waals surface area (Å²) < 4.78 is 4.53. The Morgan fingerprint density at radius 1 is 1.38 bits per heavy atom. The van der Waals surface area contributed by atoms with Gasteiger partial charge in [0.05, 0.1) is 6.61 Å². The third-order valence-corrected chi connectivity index (χ3v) is 1.18. The van der Waals surface area contributed by atoms with Crippen LogP contribution in [-0.4, -0.2) is 46.1 Å². The van der Waals surface area contributed by atoms with E-state index in [0.717, 1.165) is 0 Å². The third-order valence-electron chi connectivity index (χ3n) is 1.18. The number of carbonyl (C=O) groups is 2. The zero-order valence-electron chi connectivity index (χ0n) is 6.71. The summed E-state index contributed by atoms with van der Waals surface area (Å²) in [5.41, 5.74) is 0. The van der Waals surface area contributed by atoms with E-state index in [-0.39, 0.29) is 6.61 Å². The van der Waals surface area contributed by atoms with Crippen molar-refractivity contribution in [3.8, 4) is 0 Å². The minimum atomic E-state index is -2.07. The predicted molar refractivity (Wildman–Crippen MR) is 41.2 cm³/mol. The quantitative estimate of drug-likeness (QED) is 0.468. The van der Waals surface area contributed by atoms with Crippen LogP contribution in [0.25, 0.3) is 0 Å². The van der Waals surface area contributed by atoms with E-state index in [9.17, 15) is 9.59 Å². The van der Waals surface area contributed by atoms with E-state index in [2.05, 4.69) is 11.3 Å². The van der Waals surface area contributed by atoms with Crippen molar-refractivity contribution in [2.75, 3.05) is 6.61 Å². The van der Waals surface area contributed by atoms with E-state index in [1.54, 1.807) is 0 Å². The number of ether oxygens (including phenoxy) is 1. The molecule has 3 N–H and O–H groups in total. The van der Waals surface area contributed by atoms with Gasteiger partial charge in [-0.25, -0.2) is 9.59 Å². The van der Waals surface area contributed by atoms with Crippen LogP contribution < -0.4 is 0 Å². The molecule has 2 atom stereocenters. The molecule has 0 amide bonds. The number of hydrogen-bond donors (Lipinski definition) is 3. The van der Waals surface area contributed by atoms with Crippen molar-refractivity contribution >= 4 is 11.9 Å². The Morgan fingerprint density at radius 2 is 1.92 bits per heavy atom. The molecule has 0 saturated heterocycles. The van der Waals surface area contributed by atoms with Gasteiger partial charge in [-0.05, 0) is 0 Å². The van der Waals surface area contributed by atoms with Gasteiger partial charge in [0.1, 0.15) is 0 Å². The van der Waals surface area contributed by atoms with E-state index >= 15 is 0 Å². The Balaban J connectivity index is 4.31. The molecule has 0 bridgehead atoms. The lowest BCUT2D eigenvalue weighted by molar-refractivity contribution is -0.169. The molecule has 0 spiro atoms. The summed E-state index contributed by atoms with van der Waals surface area (Å²) in [6.45, 7) is 3.11. The summed E-state index contributed by atoms with van der Waals surface area (Å²) in [4.78, 5) is 20.6. The fraction of sp³-hybridized carbons (Fsp3) is 0.429. The molecule has 0 rings (SSSR count). The Hall–Kier alpha value is -1.40. The number of aliphatic carboxylic acids is 2. The topological polar surface area (TPSA) is 104 Å². The smallest absolute Gasteiger partial charge is 0.336 e. The number of hydrogen-bond acceptors (Lipinski definition) is 4.